The number of hydrogen-bond donors (Lipinski definition) is 1. The van der Waals surface area contributed by atoms with Gasteiger partial charge in [-0.2, -0.15) is 0 Å². The van der Waals surface area contributed by atoms with Crippen LogP contribution in [0.1, 0.15) is 19.7 Å². The molecule has 0 amide bonds. The molecular formula is C9H12N2O2. The molecule has 0 aromatic carbocycles. The van der Waals surface area contributed by atoms with E-state index in [0.717, 1.165) is 5.57 Å². The highest BCUT2D eigenvalue weighted by molar-refractivity contribution is 5.89. The van der Waals surface area contributed by atoms with Gasteiger partial charge in [0.2, 0.25) is 0 Å². The van der Waals surface area contributed by atoms with Gasteiger partial charge in [0, 0.05) is 18.5 Å². The molecule has 0 fully saturated rings. The summed E-state index contributed by atoms with van der Waals surface area (Å²) < 4.78 is 4.75. The average Bonchev–Trinajstić information content (AvgIpc) is 2.55. The number of rotatable bonds is 3. The topological polar surface area (TPSA) is 55.0 Å². The van der Waals surface area contributed by atoms with Gasteiger partial charge in [-0.15, -0.1) is 0 Å². The third kappa shape index (κ3) is 2.74. The second-order valence-corrected chi connectivity index (χ2v) is 2.52. The Morgan fingerprint density at radius 1 is 1.77 bits per heavy atom. The Balaban J connectivity index is 2.67. The van der Waals surface area contributed by atoms with Crippen molar-refractivity contribution in [1.82, 2.24) is 9.97 Å². The van der Waals surface area contributed by atoms with Crippen LogP contribution >= 0.6 is 0 Å². The summed E-state index contributed by atoms with van der Waals surface area (Å²) in [5.74, 6) is 0.351. The Morgan fingerprint density at radius 3 is 3.08 bits per heavy atom. The van der Waals surface area contributed by atoms with Crippen molar-refractivity contribution in [2.75, 3.05) is 6.61 Å². The van der Waals surface area contributed by atoms with Gasteiger partial charge >= 0.3 is 5.97 Å². The molecule has 4 heteroatoms. The molecule has 70 valence electrons. The number of allylic oxidation sites excluding steroid dienone is 1. The zero-order chi connectivity index (χ0) is 9.68. The third-order valence-corrected chi connectivity index (χ3v) is 1.49. The van der Waals surface area contributed by atoms with Gasteiger partial charge in [0.15, 0.2) is 0 Å². The van der Waals surface area contributed by atoms with Gasteiger partial charge in [0.05, 0.1) is 6.61 Å². The van der Waals surface area contributed by atoms with E-state index < -0.39 is 0 Å². The van der Waals surface area contributed by atoms with Gasteiger partial charge in [-0.25, -0.2) is 9.78 Å². The predicted octanol–water partition coefficient (Wildman–Crippen LogP) is 1.38. The SMILES string of the molecule is CCOC(=O)/C=C(/C)c1ncc[nH]1. The van der Waals surface area contributed by atoms with E-state index in [1.807, 2.05) is 0 Å². The Bertz CT molecular complexity index is 301. The molecule has 0 saturated heterocycles. The first-order valence-corrected chi connectivity index (χ1v) is 4.09. The predicted molar refractivity (Wildman–Crippen MR) is 48.9 cm³/mol. The molecule has 1 heterocycles. The van der Waals surface area contributed by atoms with Gasteiger partial charge in [-0.05, 0) is 19.4 Å². The summed E-state index contributed by atoms with van der Waals surface area (Å²) in [6.45, 7) is 3.96. The van der Waals surface area contributed by atoms with E-state index in [9.17, 15) is 4.79 Å². The van der Waals surface area contributed by atoms with E-state index in [1.54, 1.807) is 26.2 Å². The minimum Gasteiger partial charge on any atom is -0.463 e. The normalized spacial score (nSPS) is 11.4. The first-order valence-electron chi connectivity index (χ1n) is 4.09. The zero-order valence-electron chi connectivity index (χ0n) is 7.70. The van der Waals surface area contributed by atoms with Gasteiger partial charge in [0.25, 0.3) is 0 Å². The lowest BCUT2D eigenvalue weighted by Crippen LogP contribution is -2.00. The van der Waals surface area contributed by atoms with Gasteiger partial charge < -0.3 is 9.72 Å². The van der Waals surface area contributed by atoms with Crippen LogP contribution in [0.15, 0.2) is 18.5 Å². The highest BCUT2D eigenvalue weighted by Gasteiger charge is 2.01. The molecule has 0 radical (unpaired) electrons. The lowest BCUT2D eigenvalue weighted by atomic mass is 10.3. The van der Waals surface area contributed by atoms with Crippen molar-refractivity contribution in [2.24, 2.45) is 0 Å². The standard InChI is InChI=1S/C9H12N2O2/c1-3-13-8(12)6-7(2)9-10-4-5-11-9/h4-6H,3H2,1-2H3,(H,10,11)/b7-6-. The fraction of sp³-hybridized carbons (Fsp3) is 0.333. The first kappa shape index (κ1) is 9.51. The van der Waals surface area contributed by atoms with Crippen molar-refractivity contribution in [3.05, 3.63) is 24.3 Å². The summed E-state index contributed by atoms with van der Waals surface area (Å²) in [7, 11) is 0. The molecule has 1 aromatic heterocycles. The van der Waals surface area contributed by atoms with Crippen molar-refractivity contribution >= 4 is 11.5 Å². The lowest BCUT2D eigenvalue weighted by Gasteiger charge is -1.97. The molecular weight excluding hydrogens is 168 g/mol. The van der Waals surface area contributed by atoms with Crippen LogP contribution < -0.4 is 0 Å². The van der Waals surface area contributed by atoms with E-state index in [2.05, 4.69) is 9.97 Å². The van der Waals surface area contributed by atoms with Crippen molar-refractivity contribution in [2.45, 2.75) is 13.8 Å². The number of nitrogens with zero attached hydrogens (tertiary/aromatic N) is 1. The summed E-state index contributed by atoms with van der Waals surface area (Å²) in [5, 5.41) is 0. The fourth-order valence-corrected chi connectivity index (χ4v) is 0.910. The highest BCUT2D eigenvalue weighted by atomic mass is 16.5. The molecule has 0 aliphatic carbocycles. The van der Waals surface area contributed by atoms with E-state index in [1.165, 1.54) is 6.08 Å². The number of ether oxygens (including phenoxy) is 1. The number of esters is 1. The Kier molecular flexibility index (Phi) is 3.25. The molecule has 0 unspecified atom stereocenters. The average molecular weight is 180 g/mol. The van der Waals surface area contributed by atoms with Crippen LogP contribution in [-0.2, 0) is 9.53 Å². The van der Waals surface area contributed by atoms with Crippen LogP contribution in [0.25, 0.3) is 5.57 Å². The number of H-pyrrole nitrogens is 1. The maximum atomic E-state index is 11.0. The van der Waals surface area contributed by atoms with Crippen LogP contribution in [0.5, 0.6) is 0 Å². The lowest BCUT2D eigenvalue weighted by molar-refractivity contribution is -0.137. The maximum Gasteiger partial charge on any atom is 0.331 e. The number of imidazole rings is 1. The second-order valence-electron chi connectivity index (χ2n) is 2.52. The van der Waals surface area contributed by atoms with Gasteiger partial charge in [-0.1, -0.05) is 0 Å². The van der Waals surface area contributed by atoms with E-state index in [0.29, 0.717) is 12.4 Å². The van der Waals surface area contributed by atoms with Crippen LogP contribution in [0.2, 0.25) is 0 Å². The van der Waals surface area contributed by atoms with Crippen molar-refractivity contribution in [1.29, 1.82) is 0 Å². The molecule has 1 aromatic rings. The summed E-state index contributed by atoms with van der Waals surface area (Å²) in [4.78, 5) is 17.9. The minimum absolute atomic E-state index is 0.337. The van der Waals surface area contributed by atoms with Crippen LogP contribution in [0, 0.1) is 0 Å². The molecule has 0 aliphatic rings. The number of nitrogens with one attached hydrogen (secondary N) is 1. The quantitative estimate of drug-likeness (QED) is 0.564. The van der Waals surface area contributed by atoms with Crippen molar-refractivity contribution in [3.63, 3.8) is 0 Å². The number of hydrogen-bond acceptors (Lipinski definition) is 3. The summed E-state index contributed by atoms with van der Waals surface area (Å²) in [6.07, 6.45) is 4.76. The second kappa shape index (κ2) is 4.45. The van der Waals surface area contributed by atoms with E-state index in [-0.39, 0.29) is 5.97 Å². The van der Waals surface area contributed by atoms with E-state index in [4.69, 9.17) is 4.74 Å². The van der Waals surface area contributed by atoms with E-state index >= 15 is 0 Å². The summed E-state index contributed by atoms with van der Waals surface area (Å²) in [6, 6.07) is 0. The molecule has 13 heavy (non-hydrogen) atoms. The smallest absolute Gasteiger partial charge is 0.331 e. The van der Waals surface area contributed by atoms with Crippen LogP contribution in [0.3, 0.4) is 0 Å². The molecule has 1 N–H and O–H groups in total. The molecule has 0 spiro atoms. The monoisotopic (exact) mass is 180 g/mol. The van der Waals surface area contributed by atoms with Crippen molar-refractivity contribution < 1.29 is 9.53 Å². The zero-order valence-corrected chi connectivity index (χ0v) is 7.70. The number of aromatic amines is 1. The Labute approximate surface area is 76.6 Å². The minimum atomic E-state index is -0.337. The molecule has 0 atom stereocenters. The van der Waals surface area contributed by atoms with Gasteiger partial charge in [-0.3, -0.25) is 0 Å². The van der Waals surface area contributed by atoms with Crippen molar-refractivity contribution in [3.8, 4) is 0 Å². The number of carbonyl (C=O) groups excluding carboxylic acids is 1. The molecule has 4 nitrogen and oxygen atoms in total. The van der Waals surface area contributed by atoms with Crippen LogP contribution in [-0.4, -0.2) is 22.5 Å². The number of carbonyl (C=O) groups is 1. The molecule has 0 bridgehead atoms. The molecule has 0 saturated carbocycles. The molecule has 0 aliphatic heterocycles. The molecule has 1 rings (SSSR count). The first-order chi connectivity index (χ1) is 6.24. The largest absolute Gasteiger partial charge is 0.463 e. The highest BCUT2D eigenvalue weighted by Crippen LogP contribution is 2.06. The summed E-state index contributed by atoms with van der Waals surface area (Å²) >= 11 is 0. The fourth-order valence-electron chi connectivity index (χ4n) is 0.910. The van der Waals surface area contributed by atoms with Gasteiger partial charge in [0.1, 0.15) is 5.82 Å². The third-order valence-electron chi connectivity index (χ3n) is 1.49. The van der Waals surface area contributed by atoms with Crippen LogP contribution in [0.4, 0.5) is 0 Å². The Morgan fingerprint density at radius 2 is 2.54 bits per heavy atom. The summed E-state index contributed by atoms with van der Waals surface area (Å²) in [5.41, 5.74) is 0.767. The maximum absolute atomic E-state index is 11.0. The Hall–Kier alpha value is -1.58. The number of aromatic nitrogens is 2.